The van der Waals surface area contributed by atoms with Crippen LogP contribution in [0.15, 0.2) is 42.5 Å². The molecule has 1 N–H and O–H groups in total. The number of hydrogen-bond donors (Lipinski definition) is 1. The molecule has 1 saturated heterocycles. The van der Waals surface area contributed by atoms with E-state index >= 15 is 0 Å². The molecule has 0 spiro atoms. The molecule has 1 atom stereocenters. The smallest absolute Gasteiger partial charge is 0.257 e. The number of hydrogen-bond acceptors (Lipinski definition) is 4. The van der Waals surface area contributed by atoms with E-state index in [4.69, 9.17) is 11.6 Å². The predicted molar refractivity (Wildman–Crippen MR) is 96.2 cm³/mol. The summed E-state index contributed by atoms with van der Waals surface area (Å²) in [5.41, 5.74) is 0.558. The fourth-order valence-corrected chi connectivity index (χ4v) is 4.71. The van der Waals surface area contributed by atoms with Gasteiger partial charge < -0.3 is 5.32 Å². The van der Waals surface area contributed by atoms with Gasteiger partial charge in [-0.1, -0.05) is 18.5 Å². The van der Waals surface area contributed by atoms with E-state index in [2.05, 4.69) is 5.32 Å². The summed E-state index contributed by atoms with van der Waals surface area (Å²) in [5.74, 6) is -2.42. The highest BCUT2D eigenvalue weighted by Gasteiger charge is 2.42. The Balaban J connectivity index is 1.87. The first-order valence-corrected chi connectivity index (χ1v) is 9.61. The highest BCUT2D eigenvalue weighted by Crippen LogP contribution is 2.31. The van der Waals surface area contributed by atoms with Crippen molar-refractivity contribution in [1.82, 2.24) is 0 Å². The van der Waals surface area contributed by atoms with Crippen LogP contribution in [-0.4, -0.2) is 26.0 Å². The molecule has 0 unspecified atom stereocenters. The van der Waals surface area contributed by atoms with Crippen LogP contribution in [0.3, 0.4) is 0 Å². The second-order valence-electron chi connectivity index (χ2n) is 5.91. The minimum Gasteiger partial charge on any atom is -0.322 e. The number of nitrogens with zero attached hydrogens (tertiary/aromatic N) is 1. The second kappa shape index (κ2) is 6.69. The summed E-state index contributed by atoms with van der Waals surface area (Å²) in [7, 11) is -3.75. The van der Waals surface area contributed by atoms with Gasteiger partial charge in [0, 0.05) is 5.69 Å². The summed E-state index contributed by atoms with van der Waals surface area (Å²) in [4.78, 5) is 24.4. The fourth-order valence-electron chi connectivity index (χ4n) is 2.63. The topological polar surface area (TPSA) is 83.6 Å². The van der Waals surface area contributed by atoms with Crippen LogP contribution in [0.5, 0.6) is 0 Å². The van der Waals surface area contributed by atoms with Gasteiger partial charge in [0.25, 0.3) is 5.91 Å². The summed E-state index contributed by atoms with van der Waals surface area (Å²) in [6.07, 6.45) is 0. The van der Waals surface area contributed by atoms with Crippen molar-refractivity contribution in [3.63, 3.8) is 0 Å². The number of halogens is 2. The van der Waals surface area contributed by atoms with Crippen LogP contribution >= 0.6 is 11.6 Å². The molecule has 0 aromatic heterocycles. The maximum atomic E-state index is 12.9. The summed E-state index contributed by atoms with van der Waals surface area (Å²) in [6, 6.07) is 9.13. The Kier molecular flexibility index (Phi) is 4.72. The zero-order valence-electron chi connectivity index (χ0n) is 13.6. The van der Waals surface area contributed by atoms with Gasteiger partial charge in [-0.05, 0) is 42.5 Å². The van der Waals surface area contributed by atoms with E-state index in [0.29, 0.717) is 9.99 Å². The van der Waals surface area contributed by atoms with Gasteiger partial charge in [-0.2, -0.15) is 0 Å². The lowest BCUT2D eigenvalue weighted by atomic mass is 10.1. The van der Waals surface area contributed by atoms with Gasteiger partial charge in [-0.15, -0.1) is 0 Å². The number of benzene rings is 2. The van der Waals surface area contributed by atoms with Crippen molar-refractivity contribution in [2.75, 3.05) is 15.4 Å². The van der Waals surface area contributed by atoms with E-state index in [1.54, 1.807) is 0 Å². The third-order valence-electron chi connectivity index (χ3n) is 3.89. The van der Waals surface area contributed by atoms with E-state index in [0.717, 1.165) is 0 Å². The summed E-state index contributed by atoms with van der Waals surface area (Å²) in [6.45, 7) is 1.53. The number of amides is 2. The highest BCUT2D eigenvalue weighted by atomic mass is 35.5. The molecule has 1 aliphatic heterocycles. The van der Waals surface area contributed by atoms with Gasteiger partial charge in [0.2, 0.25) is 15.9 Å². The average molecular weight is 397 g/mol. The second-order valence-corrected chi connectivity index (χ2v) is 8.18. The molecule has 1 aliphatic rings. The minimum atomic E-state index is -3.75. The van der Waals surface area contributed by atoms with Gasteiger partial charge in [-0.3, -0.25) is 9.59 Å². The van der Waals surface area contributed by atoms with Crippen LogP contribution in [0, 0.1) is 11.7 Å². The van der Waals surface area contributed by atoms with Crippen LogP contribution < -0.4 is 9.62 Å². The maximum Gasteiger partial charge on any atom is 0.257 e. The number of sulfonamides is 1. The largest absolute Gasteiger partial charge is 0.322 e. The van der Waals surface area contributed by atoms with E-state index in [9.17, 15) is 22.4 Å². The van der Waals surface area contributed by atoms with Crippen LogP contribution in [0.2, 0.25) is 5.02 Å². The molecule has 0 aliphatic carbocycles. The van der Waals surface area contributed by atoms with E-state index in [1.807, 2.05) is 0 Å². The first-order chi connectivity index (χ1) is 12.2. The van der Waals surface area contributed by atoms with Gasteiger partial charge in [0.1, 0.15) is 5.82 Å². The summed E-state index contributed by atoms with van der Waals surface area (Å²) < 4.78 is 37.9. The monoisotopic (exact) mass is 396 g/mol. The molecule has 0 saturated carbocycles. The number of carbonyl (C=O) groups excluding carboxylic acids is 2. The third kappa shape index (κ3) is 3.42. The normalized spacial score (nSPS) is 18.8. The van der Waals surface area contributed by atoms with Crippen LogP contribution in [-0.2, 0) is 14.8 Å². The Labute approximate surface area is 154 Å². The maximum absolute atomic E-state index is 12.9. The Morgan fingerprint density at radius 2 is 1.88 bits per heavy atom. The molecule has 2 aromatic rings. The molecule has 26 heavy (non-hydrogen) atoms. The Hall–Kier alpha value is -2.45. The number of carbonyl (C=O) groups is 2. The molecule has 0 bridgehead atoms. The van der Waals surface area contributed by atoms with Crippen molar-refractivity contribution in [3.8, 4) is 0 Å². The standard InChI is InChI=1S/C17H14ClFN2O4S/c1-10-9-26(24,25)21(17(10)23)13-6-7-14(15(18)8-13)16(22)20-12-4-2-11(19)3-5-12/h2-8,10H,9H2,1H3,(H,20,22)/t10-/m0/s1. The molecule has 1 fully saturated rings. The molecule has 2 amide bonds. The van der Waals surface area contributed by atoms with Crippen LogP contribution in [0.25, 0.3) is 0 Å². The van der Waals surface area contributed by atoms with Gasteiger partial charge in [0.15, 0.2) is 0 Å². The van der Waals surface area contributed by atoms with Crippen molar-refractivity contribution < 1.29 is 22.4 Å². The lowest BCUT2D eigenvalue weighted by Gasteiger charge is -2.16. The Morgan fingerprint density at radius 3 is 2.42 bits per heavy atom. The quantitative estimate of drug-likeness (QED) is 0.864. The fraction of sp³-hybridized carbons (Fsp3) is 0.176. The lowest BCUT2D eigenvalue weighted by molar-refractivity contribution is -0.119. The van der Waals surface area contributed by atoms with Crippen LogP contribution in [0.4, 0.5) is 15.8 Å². The van der Waals surface area contributed by atoms with E-state index in [1.165, 1.54) is 49.4 Å². The molecule has 2 aromatic carbocycles. The van der Waals surface area contributed by atoms with E-state index < -0.39 is 33.6 Å². The molecule has 3 rings (SSSR count). The highest BCUT2D eigenvalue weighted by molar-refractivity contribution is 7.94. The third-order valence-corrected chi connectivity index (χ3v) is 6.08. The summed E-state index contributed by atoms with van der Waals surface area (Å²) in [5, 5.41) is 2.55. The van der Waals surface area contributed by atoms with Crippen molar-refractivity contribution in [2.45, 2.75) is 6.92 Å². The van der Waals surface area contributed by atoms with Crippen LogP contribution in [0.1, 0.15) is 17.3 Å². The molecular weight excluding hydrogens is 383 g/mol. The van der Waals surface area contributed by atoms with Gasteiger partial charge in [0.05, 0.1) is 27.9 Å². The Morgan fingerprint density at radius 1 is 1.23 bits per heavy atom. The molecule has 6 nitrogen and oxygen atoms in total. The average Bonchev–Trinajstić information content (AvgIpc) is 2.77. The zero-order chi connectivity index (χ0) is 19.1. The van der Waals surface area contributed by atoms with Crippen molar-refractivity contribution in [1.29, 1.82) is 0 Å². The molecular formula is C17H14ClFN2O4S. The van der Waals surface area contributed by atoms with Crippen molar-refractivity contribution in [2.24, 2.45) is 5.92 Å². The molecule has 1 heterocycles. The first-order valence-electron chi connectivity index (χ1n) is 7.62. The molecule has 9 heteroatoms. The van der Waals surface area contributed by atoms with Crippen molar-refractivity contribution >= 4 is 44.8 Å². The number of rotatable bonds is 3. The van der Waals surface area contributed by atoms with Gasteiger partial charge in [-0.25, -0.2) is 17.1 Å². The predicted octanol–water partition coefficient (Wildman–Crippen LogP) is 3.04. The molecule has 136 valence electrons. The SMILES string of the molecule is C[C@H]1CS(=O)(=O)N(c2ccc(C(=O)Nc3ccc(F)cc3)c(Cl)c2)C1=O. The minimum absolute atomic E-state index is 0.00957. The summed E-state index contributed by atoms with van der Waals surface area (Å²) >= 11 is 6.12. The van der Waals surface area contributed by atoms with Gasteiger partial charge >= 0.3 is 0 Å². The Bertz CT molecular complexity index is 992. The first kappa shape index (κ1) is 18.3. The van der Waals surface area contributed by atoms with E-state index in [-0.39, 0.29) is 22.0 Å². The molecule has 0 radical (unpaired) electrons. The zero-order valence-corrected chi connectivity index (χ0v) is 15.1. The van der Waals surface area contributed by atoms with Crippen molar-refractivity contribution in [3.05, 3.63) is 58.9 Å². The number of anilines is 2. The lowest BCUT2D eigenvalue weighted by Crippen LogP contribution is -2.30. The number of nitrogens with one attached hydrogen (secondary N) is 1.